The lowest BCUT2D eigenvalue weighted by Crippen LogP contribution is -1.96. The fourth-order valence-electron chi connectivity index (χ4n) is 0.445. The van der Waals surface area contributed by atoms with E-state index in [0.717, 1.165) is 0 Å². The lowest BCUT2D eigenvalue weighted by molar-refractivity contribution is -0.137. The molecule has 1 atom stereocenters. The molecule has 0 aliphatic heterocycles. The number of carboxylic acids is 1. The predicted molar refractivity (Wildman–Crippen MR) is 37.5 cm³/mol. The minimum atomic E-state index is -4.20. The molecule has 0 fully saturated rings. The van der Waals surface area contributed by atoms with Gasteiger partial charge in [-0.25, -0.2) is 0 Å². The molecule has 0 saturated carbocycles. The first-order valence-electron chi connectivity index (χ1n) is 4.20. The molecule has 0 aromatic carbocycles. The second-order valence-electron chi connectivity index (χ2n) is 1.92. The number of aliphatic carboxylic acids is 1. The van der Waals surface area contributed by atoms with Gasteiger partial charge in [-0.3, -0.25) is 9.36 Å². The van der Waals surface area contributed by atoms with Gasteiger partial charge in [-0.05, 0) is 6.42 Å². The van der Waals surface area contributed by atoms with Gasteiger partial charge in [0, 0.05) is 23.3 Å². The minimum Gasteiger partial charge on any atom is -0.481 e. The van der Waals surface area contributed by atoms with Crippen LogP contribution in [0.5, 0.6) is 0 Å². The van der Waals surface area contributed by atoms with E-state index in [0.29, 0.717) is 0 Å². The van der Waals surface area contributed by atoms with E-state index in [4.69, 9.17) is 14.1 Å². The summed E-state index contributed by atoms with van der Waals surface area (Å²) in [7, 11) is -4.20. The Morgan fingerprint density at radius 3 is 2.80 bits per heavy atom. The third-order valence-corrected chi connectivity index (χ3v) is 1.77. The molecule has 0 amide bonds. The Bertz CT molecular complexity index is 236. The first-order chi connectivity index (χ1) is 5.67. The van der Waals surface area contributed by atoms with E-state index in [1.165, 1.54) is 0 Å². The van der Waals surface area contributed by atoms with E-state index in [1.54, 1.807) is 0 Å². The van der Waals surface area contributed by atoms with E-state index in [2.05, 4.69) is 0 Å². The largest absolute Gasteiger partial charge is 0.481 e. The molecule has 0 radical (unpaired) electrons. The Morgan fingerprint density at radius 2 is 2.40 bits per heavy atom. The van der Waals surface area contributed by atoms with E-state index in [-0.39, 0.29) is 12.8 Å². The first kappa shape index (κ1) is 5.33. The molecule has 0 heterocycles. The third kappa shape index (κ3) is 7.66. The predicted octanol–water partition coefficient (Wildman–Crippen LogP) is 0.751. The molecule has 0 aliphatic carbocycles. The number of carboxylic acid groups (broad SMARTS) is 1. The molecule has 0 spiro atoms. The molecule has 0 rings (SSSR count). The standard InChI is InChI=1S/C5H11O4P/c1-10(8,9)4-2-3-5(6)7/h2-4H2,1H3,(H,6,7)(H,8,9)/i1D3. The van der Waals surface area contributed by atoms with Crippen molar-refractivity contribution in [2.75, 3.05) is 12.8 Å². The summed E-state index contributed by atoms with van der Waals surface area (Å²) in [6.45, 7) is -2.90. The first-order valence-corrected chi connectivity index (χ1v) is 4.55. The highest BCUT2D eigenvalue weighted by molar-refractivity contribution is 7.57. The Balaban J connectivity index is 4.06. The zero-order valence-corrected chi connectivity index (χ0v) is 6.17. The van der Waals surface area contributed by atoms with Gasteiger partial charge in [-0.1, -0.05) is 0 Å². The molecule has 0 aliphatic rings. The highest BCUT2D eigenvalue weighted by Crippen LogP contribution is 2.35. The lowest BCUT2D eigenvalue weighted by atomic mass is 10.3. The average molecular weight is 169 g/mol. The molecule has 0 aromatic rings. The van der Waals surface area contributed by atoms with E-state index >= 15 is 0 Å². The minimum absolute atomic E-state index is 0.0957. The molecule has 0 saturated heterocycles. The van der Waals surface area contributed by atoms with Crippen molar-refractivity contribution in [2.45, 2.75) is 12.8 Å². The Hall–Kier alpha value is -0.340. The Kier molecular flexibility index (Phi) is 1.99. The molecule has 0 aromatic heterocycles. The van der Waals surface area contributed by atoms with Crippen LogP contribution >= 0.6 is 7.37 Å². The maximum absolute atomic E-state index is 11.0. The fourth-order valence-corrected chi connectivity index (χ4v) is 1.03. The van der Waals surface area contributed by atoms with Crippen molar-refractivity contribution in [2.24, 2.45) is 0 Å². The Labute approximate surface area is 63.5 Å². The SMILES string of the molecule is [2H]C([2H])([2H])P(=O)(O)CCCC(=O)O. The van der Waals surface area contributed by atoms with E-state index < -0.39 is 26.1 Å². The monoisotopic (exact) mass is 169 g/mol. The normalized spacial score (nSPS) is 21.9. The summed E-state index contributed by atoms with van der Waals surface area (Å²) in [5.74, 6) is -1.11. The van der Waals surface area contributed by atoms with Crippen molar-refractivity contribution in [3.8, 4) is 0 Å². The number of hydrogen-bond donors (Lipinski definition) is 2. The third-order valence-electron chi connectivity index (χ3n) is 0.852. The summed E-state index contributed by atoms with van der Waals surface area (Å²) in [6.07, 6.45) is -0.863. The van der Waals surface area contributed by atoms with Gasteiger partial charge in [-0.2, -0.15) is 0 Å². The summed E-state index contributed by atoms with van der Waals surface area (Å²) in [6, 6.07) is 0. The summed E-state index contributed by atoms with van der Waals surface area (Å²) in [4.78, 5) is 19.0. The molecule has 10 heavy (non-hydrogen) atoms. The average Bonchev–Trinajstić information content (AvgIpc) is 1.82. The van der Waals surface area contributed by atoms with Crippen molar-refractivity contribution in [1.82, 2.24) is 0 Å². The maximum atomic E-state index is 11.0. The van der Waals surface area contributed by atoms with Gasteiger partial charge in [0.05, 0.1) is 0 Å². The molecule has 1 unspecified atom stereocenters. The topological polar surface area (TPSA) is 74.6 Å². The molecule has 5 heteroatoms. The van der Waals surface area contributed by atoms with Gasteiger partial charge >= 0.3 is 5.97 Å². The Morgan fingerprint density at radius 1 is 1.80 bits per heavy atom. The molecular formula is C5H11O4P. The highest BCUT2D eigenvalue weighted by atomic mass is 31.2. The summed E-state index contributed by atoms with van der Waals surface area (Å²) in [5, 5.41) is 8.20. The van der Waals surface area contributed by atoms with Crippen molar-refractivity contribution in [3.63, 3.8) is 0 Å². The van der Waals surface area contributed by atoms with Crippen LogP contribution in [0.15, 0.2) is 0 Å². The van der Waals surface area contributed by atoms with Gasteiger partial charge in [0.25, 0.3) is 0 Å². The van der Waals surface area contributed by atoms with Gasteiger partial charge in [0.1, 0.15) is 0 Å². The number of carbonyl (C=O) groups is 1. The van der Waals surface area contributed by atoms with Crippen LogP contribution in [-0.4, -0.2) is 28.7 Å². The van der Waals surface area contributed by atoms with Crippen molar-refractivity contribution < 1.29 is 23.5 Å². The molecule has 0 bridgehead atoms. The molecule has 2 N–H and O–H groups in total. The van der Waals surface area contributed by atoms with Crippen molar-refractivity contribution in [1.29, 1.82) is 0 Å². The second-order valence-corrected chi connectivity index (χ2v) is 3.77. The van der Waals surface area contributed by atoms with Crippen LogP contribution in [0.1, 0.15) is 17.0 Å². The smallest absolute Gasteiger partial charge is 0.303 e. The maximum Gasteiger partial charge on any atom is 0.303 e. The summed E-state index contributed by atoms with van der Waals surface area (Å²) >= 11 is 0. The van der Waals surface area contributed by atoms with Crippen LogP contribution in [0.25, 0.3) is 0 Å². The second kappa shape index (κ2) is 3.74. The van der Waals surface area contributed by atoms with Crippen LogP contribution in [-0.2, 0) is 9.36 Å². The summed E-state index contributed by atoms with van der Waals surface area (Å²) < 4.78 is 31.1. The fraction of sp³-hybridized carbons (Fsp3) is 0.800. The van der Waals surface area contributed by atoms with Crippen LogP contribution in [0.2, 0.25) is 0 Å². The number of hydrogen-bond acceptors (Lipinski definition) is 2. The van der Waals surface area contributed by atoms with Gasteiger partial charge in [-0.15, -0.1) is 0 Å². The van der Waals surface area contributed by atoms with Crippen LogP contribution < -0.4 is 0 Å². The van der Waals surface area contributed by atoms with Crippen molar-refractivity contribution >= 4 is 13.3 Å². The molecule has 60 valence electrons. The van der Waals surface area contributed by atoms with Gasteiger partial charge in [0.15, 0.2) is 7.37 Å². The van der Waals surface area contributed by atoms with Crippen LogP contribution in [0.4, 0.5) is 0 Å². The van der Waals surface area contributed by atoms with Crippen LogP contribution in [0, 0.1) is 0 Å². The summed E-state index contributed by atoms with van der Waals surface area (Å²) in [5.41, 5.74) is 0. The zero-order valence-electron chi connectivity index (χ0n) is 8.28. The van der Waals surface area contributed by atoms with Gasteiger partial charge in [0.2, 0.25) is 0 Å². The van der Waals surface area contributed by atoms with Crippen molar-refractivity contribution in [3.05, 3.63) is 0 Å². The van der Waals surface area contributed by atoms with Crippen LogP contribution in [0.3, 0.4) is 0 Å². The van der Waals surface area contributed by atoms with E-state index in [1.807, 2.05) is 0 Å². The number of rotatable bonds is 4. The lowest BCUT2D eigenvalue weighted by Gasteiger charge is -2.01. The molecule has 4 nitrogen and oxygen atoms in total. The quantitative estimate of drug-likeness (QED) is 0.609. The van der Waals surface area contributed by atoms with Gasteiger partial charge < -0.3 is 10.00 Å². The zero-order chi connectivity index (χ0) is 10.7. The highest BCUT2D eigenvalue weighted by Gasteiger charge is 2.09. The van der Waals surface area contributed by atoms with E-state index in [9.17, 15) is 9.36 Å². The molecular weight excluding hydrogens is 155 g/mol.